The molecule has 0 fully saturated rings. The predicted octanol–water partition coefficient (Wildman–Crippen LogP) is 2.96. The number of aromatic nitrogens is 5. The number of nitrogen functional groups attached to an aromatic ring is 1. The van der Waals surface area contributed by atoms with Crippen LogP contribution in [0.4, 0.5) is 5.82 Å². The number of aryl methyl sites for hydroxylation is 1. The number of carbonyl (C=O) groups is 1. The fourth-order valence-corrected chi connectivity index (χ4v) is 4.54. The maximum absolute atomic E-state index is 13.1. The van der Waals surface area contributed by atoms with Crippen LogP contribution in [0, 0.1) is 12.8 Å². The summed E-state index contributed by atoms with van der Waals surface area (Å²) in [5, 5.41) is 9.15. The fraction of sp³-hybridized carbons (Fsp3) is 0.292. The number of furan rings is 1. The van der Waals surface area contributed by atoms with Gasteiger partial charge in [-0.05, 0) is 24.5 Å². The first-order valence-electron chi connectivity index (χ1n) is 11.1. The molecule has 0 unspecified atom stereocenters. The number of nitrogens with zero attached hydrogens (tertiary/aromatic N) is 4. The van der Waals surface area contributed by atoms with Crippen LogP contribution in [-0.4, -0.2) is 35.9 Å². The molecule has 182 valence electrons. The Morgan fingerprint density at radius 3 is 2.54 bits per heavy atom. The molecule has 3 heterocycles. The van der Waals surface area contributed by atoms with Crippen LogP contribution >= 0.6 is 11.8 Å². The minimum absolute atomic E-state index is 0.0968. The van der Waals surface area contributed by atoms with Gasteiger partial charge in [-0.2, -0.15) is 0 Å². The molecule has 11 heteroatoms. The largest absolute Gasteiger partial charge is 0.469 e. The maximum Gasteiger partial charge on any atom is 0.329 e. The van der Waals surface area contributed by atoms with Crippen LogP contribution in [0.3, 0.4) is 0 Å². The predicted molar refractivity (Wildman–Crippen MR) is 134 cm³/mol. The van der Waals surface area contributed by atoms with Crippen LogP contribution < -0.4 is 17.0 Å². The summed E-state index contributed by atoms with van der Waals surface area (Å²) < 4.78 is 8.57. The van der Waals surface area contributed by atoms with E-state index in [9.17, 15) is 14.4 Å². The number of nitrogens with two attached hydrogens (primary N) is 1. The lowest BCUT2D eigenvalue weighted by atomic mass is 10.2. The molecule has 0 spiro atoms. The topological polar surface area (TPSA) is 142 Å². The molecule has 0 aliphatic carbocycles. The lowest BCUT2D eigenvalue weighted by Crippen LogP contribution is -2.37. The van der Waals surface area contributed by atoms with Crippen molar-refractivity contribution in [2.45, 2.75) is 39.0 Å². The Kier molecular flexibility index (Phi) is 7.06. The van der Waals surface area contributed by atoms with Crippen LogP contribution in [-0.2, 0) is 13.1 Å². The van der Waals surface area contributed by atoms with Crippen LogP contribution in [0.1, 0.15) is 35.5 Å². The second-order valence-corrected chi connectivity index (χ2v) is 9.45. The van der Waals surface area contributed by atoms with Gasteiger partial charge >= 0.3 is 5.69 Å². The number of nitrogens with one attached hydrogen (secondary N) is 1. The first-order valence-corrected chi connectivity index (χ1v) is 12.0. The van der Waals surface area contributed by atoms with Crippen LogP contribution in [0.2, 0.25) is 0 Å². The van der Waals surface area contributed by atoms with E-state index in [0.717, 1.165) is 22.9 Å². The van der Waals surface area contributed by atoms with E-state index in [1.54, 1.807) is 6.26 Å². The van der Waals surface area contributed by atoms with Gasteiger partial charge in [0, 0.05) is 6.54 Å². The molecular formula is C24H26N6O4S. The van der Waals surface area contributed by atoms with Crippen molar-refractivity contribution >= 4 is 23.4 Å². The minimum Gasteiger partial charge on any atom is -0.469 e. The number of anilines is 1. The van der Waals surface area contributed by atoms with Gasteiger partial charge in [0.25, 0.3) is 5.56 Å². The average Bonchev–Trinajstić information content (AvgIpc) is 3.41. The van der Waals surface area contributed by atoms with E-state index in [2.05, 4.69) is 15.2 Å². The maximum atomic E-state index is 13.1. The Balaban J connectivity index is 1.65. The molecule has 10 nitrogen and oxygen atoms in total. The molecule has 1 aromatic carbocycles. The van der Waals surface area contributed by atoms with Gasteiger partial charge in [-0.15, -0.1) is 10.2 Å². The zero-order valence-electron chi connectivity index (χ0n) is 19.6. The summed E-state index contributed by atoms with van der Waals surface area (Å²) in [6.45, 7) is 6.43. The number of H-pyrrole nitrogens is 1. The van der Waals surface area contributed by atoms with Gasteiger partial charge in [-0.1, -0.05) is 55.9 Å². The Labute approximate surface area is 205 Å². The van der Waals surface area contributed by atoms with Gasteiger partial charge in [0.15, 0.2) is 16.8 Å². The van der Waals surface area contributed by atoms with Crippen molar-refractivity contribution in [3.8, 4) is 11.4 Å². The van der Waals surface area contributed by atoms with E-state index in [1.165, 1.54) is 4.57 Å². The first-order chi connectivity index (χ1) is 16.8. The average molecular weight is 495 g/mol. The van der Waals surface area contributed by atoms with Crippen molar-refractivity contribution in [3.63, 3.8) is 0 Å². The highest BCUT2D eigenvalue weighted by Crippen LogP contribution is 2.28. The quantitative estimate of drug-likeness (QED) is 0.267. The number of thioether (sulfide) groups is 1. The number of hydrogen-bond acceptors (Lipinski definition) is 8. The molecule has 4 aromatic rings. The van der Waals surface area contributed by atoms with Crippen molar-refractivity contribution < 1.29 is 9.21 Å². The van der Waals surface area contributed by atoms with Crippen molar-refractivity contribution in [3.05, 3.63) is 80.4 Å². The summed E-state index contributed by atoms with van der Waals surface area (Å²) in [6, 6.07) is 11.6. The minimum atomic E-state index is -0.793. The van der Waals surface area contributed by atoms with Gasteiger partial charge in [0.2, 0.25) is 0 Å². The molecule has 0 amide bonds. The summed E-state index contributed by atoms with van der Waals surface area (Å²) in [6.07, 6.45) is 1.59. The normalized spacial score (nSPS) is 11.3. The molecular weight excluding hydrogens is 468 g/mol. The number of aromatic amines is 1. The second kappa shape index (κ2) is 10.2. The highest BCUT2D eigenvalue weighted by atomic mass is 32.2. The number of carbonyl (C=O) groups excluding carboxylic acids is 1. The van der Waals surface area contributed by atoms with Crippen molar-refractivity contribution in [1.29, 1.82) is 0 Å². The van der Waals surface area contributed by atoms with E-state index in [1.807, 2.05) is 61.7 Å². The van der Waals surface area contributed by atoms with Crippen molar-refractivity contribution in [2.75, 3.05) is 11.5 Å². The molecule has 0 aliphatic rings. The lowest BCUT2D eigenvalue weighted by Gasteiger charge is -2.14. The number of benzene rings is 1. The molecule has 0 saturated heterocycles. The van der Waals surface area contributed by atoms with E-state index in [-0.39, 0.29) is 29.6 Å². The molecule has 0 atom stereocenters. The molecule has 0 saturated carbocycles. The molecule has 0 radical (unpaired) electrons. The Bertz CT molecular complexity index is 1470. The second-order valence-electron chi connectivity index (χ2n) is 8.50. The van der Waals surface area contributed by atoms with Gasteiger partial charge in [0.05, 0.1) is 24.1 Å². The Morgan fingerprint density at radius 1 is 1.14 bits per heavy atom. The van der Waals surface area contributed by atoms with Gasteiger partial charge in [-0.25, -0.2) is 4.79 Å². The summed E-state index contributed by atoms with van der Waals surface area (Å²) in [4.78, 5) is 39.9. The third kappa shape index (κ3) is 5.14. The van der Waals surface area contributed by atoms with E-state index in [0.29, 0.717) is 23.3 Å². The van der Waals surface area contributed by atoms with E-state index < -0.39 is 17.0 Å². The molecule has 0 bridgehead atoms. The first kappa shape index (κ1) is 24.3. The Hall–Kier alpha value is -3.86. The van der Waals surface area contributed by atoms with Gasteiger partial charge in [0.1, 0.15) is 17.1 Å². The summed E-state index contributed by atoms with van der Waals surface area (Å²) in [7, 11) is 0. The molecule has 3 aromatic heterocycles. The van der Waals surface area contributed by atoms with Gasteiger partial charge in [-0.3, -0.25) is 23.7 Å². The molecule has 35 heavy (non-hydrogen) atoms. The summed E-state index contributed by atoms with van der Waals surface area (Å²) in [5.41, 5.74) is 6.27. The number of hydrogen-bond donors (Lipinski definition) is 2. The molecule has 4 rings (SSSR count). The third-order valence-corrected chi connectivity index (χ3v) is 6.37. The monoisotopic (exact) mass is 494 g/mol. The summed E-state index contributed by atoms with van der Waals surface area (Å²) >= 11 is 1.15. The van der Waals surface area contributed by atoms with Crippen molar-refractivity contribution in [2.24, 2.45) is 5.92 Å². The van der Waals surface area contributed by atoms with E-state index >= 15 is 0 Å². The number of rotatable bonds is 9. The zero-order valence-corrected chi connectivity index (χ0v) is 20.5. The zero-order chi connectivity index (χ0) is 25.1. The van der Waals surface area contributed by atoms with Crippen LogP contribution in [0.5, 0.6) is 0 Å². The van der Waals surface area contributed by atoms with Crippen LogP contribution in [0.15, 0.2) is 61.8 Å². The highest BCUT2D eigenvalue weighted by Gasteiger charge is 2.23. The Morgan fingerprint density at radius 2 is 1.89 bits per heavy atom. The standard InChI is InChI=1S/C24H26N6O4S/c1-14(2)11-29-20(25)19(22(32)26-23(29)33)18(31)13-35-24-28-27-21(17-9-10-34-15(17)3)30(24)12-16-7-5-4-6-8-16/h4-10,14H,11-13,25H2,1-3H3,(H,26,32,33). The van der Waals surface area contributed by atoms with Crippen LogP contribution in [0.25, 0.3) is 11.4 Å². The third-order valence-electron chi connectivity index (χ3n) is 5.40. The molecule has 0 aliphatic heterocycles. The molecule has 3 N–H and O–H groups in total. The SMILES string of the molecule is Cc1occc1-c1nnc(SCC(=O)c2c(N)n(CC(C)C)c(=O)[nH]c2=O)n1Cc1ccccc1. The lowest BCUT2D eigenvalue weighted by molar-refractivity contribution is 0.102. The number of Topliss-reactive ketones (excluding diaryl/α,β-unsaturated/α-hetero) is 1. The van der Waals surface area contributed by atoms with E-state index in [4.69, 9.17) is 10.2 Å². The van der Waals surface area contributed by atoms with Gasteiger partial charge < -0.3 is 10.2 Å². The smallest absolute Gasteiger partial charge is 0.329 e. The highest BCUT2D eigenvalue weighted by molar-refractivity contribution is 7.99. The number of ketones is 1. The fourth-order valence-electron chi connectivity index (χ4n) is 3.73. The summed E-state index contributed by atoms with van der Waals surface area (Å²) in [5.74, 6) is 0.674. The van der Waals surface area contributed by atoms with Crippen molar-refractivity contribution in [1.82, 2.24) is 24.3 Å².